The van der Waals surface area contributed by atoms with Crippen molar-refractivity contribution in [3.63, 3.8) is 0 Å². The normalized spacial score (nSPS) is 17.4. The number of nitrogens with zero attached hydrogens (tertiary/aromatic N) is 5. The third-order valence-electron chi connectivity index (χ3n) is 5.67. The van der Waals surface area contributed by atoms with Crippen LogP contribution in [0.1, 0.15) is 17.7 Å². The van der Waals surface area contributed by atoms with E-state index in [9.17, 15) is 9.59 Å². The van der Waals surface area contributed by atoms with Crippen molar-refractivity contribution in [3.8, 4) is 5.88 Å². The van der Waals surface area contributed by atoms with Gasteiger partial charge in [0, 0.05) is 50.3 Å². The van der Waals surface area contributed by atoms with Gasteiger partial charge in [0.05, 0.1) is 10.6 Å². The van der Waals surface area contributed by atoms with Crippen LogP contribution in [0.15, 0.2) is 65.8 Å². The van der Waals surface area contributed by atoms with Crippen LogP contribution < -0.4 is 19.9 Å². The highest BCUT2D eigenvalue weighted by Crippen LogP contribution is 2.27. The summed E-state index contributed by atoms with van der Waals surface area (Å²) in [6.07, 6.45) is 6.14. The number of benzene rings is 1. The second kappa shape index (κ2) is 10.6. The average molecular weight is 489 g/mol. The molecule has 35 heavy (non-hydrogen) atoms. The second-order valence-electron chi connectivity index (χ2n) is 8.09. The summed E-state index contributed by atoms with van der Waals surface area (Å²) in [4.78, 5) is 41.9. The van der Waals surface area contributed by atoms with Gasteiger partial charge in [0.15, 0.2) is 0 Å². The van der Waals surface area contributed by atoms with Crippen molar-refractivity contribution in [2.75, 3.05) is 36.0 Å². The molecule has 0 spiro atoms. The first-order chi connectivity index (χ1) is 17.1. The maximum Gasteiger partial charge on any atom is 0.290 e. The lowest BCUT2D eigenvalue weighted by atomic mass is 10.2. The highest BCUT2D eigenvalue weighted by molar-refractivity contribution is 8.18. The zero-order valence-electron chi connectivity index (χ0n) is 19.0. The summed E-state index contributed by atoms with van der Waals surface area (Å²) in [6.45, 7) is 3.60. The zero-order valence-corrected chi connectivity index (χ0v) is 19.8. The lowest BCUT2D eigenvalue weighted by Crippen LogP contribution is -2.31. The number of hydrogen-bond acceptors (Lipinski definition) is 9. The topological polar surface area (TPSA) is 101 Å². The van der Waals surface area contributed by atoms with Crippen molar-refractivity contribution < 1.29 is 14.3 Å². The van der Waals surface area contributed by atoms with E-state index in [1.807, 2.05) is 42.5 Å². The van der Waals surface area contributed by atoms with E-state index in [2.05, 4.69) is 25.1 Å². The third kappa shape index (κ3) is 5.78. The van der Waals surface area contributed by atoms with Gasteiger partial charge in [0.1, 0.15) is 6.61 Å². The maximum atomic E-state index is 12.1. The van der Waals surface area contributed by atoms with E-state index in [-0.39, 0.29) is 5.24 Å². The maximum absolute atomic E-state index is 12.1. The number of pyridine rings is 1. The summed E-state index contributed by atoms with van der Waals surface area (Å²) in [7, 11) is 0. The largest absolute Gasteiger partial charge is 0.473 e. The molecule has 0 radical (unpaired) electrons. The Morgan fingerprint density at radius 1 is 0.971 bits per heavy atom. The first kappa shape index (κ1) is 22.9. The summed E-state index contributed by atoms with van der Waals surface area (Å²) in [5.41, 5.74) is 2.68. The van der Waals surface area contributed by atoms with Gasteiger partial charge >= 0.3 is 0 Å². The van der Waals surface area contributed by atoms with Gasteiger partial charge in [-0.1, -0.05) is 30.3 Å². The van der Waals surface area contributed by atoms with E-state index < -0.39 is 5.91 Å². The Balaban J connectivity index is 1.39. The lowest BCUT2D eigenvalue weighted by molar-refractivity contribution is -0.115. The monoisotopic (exact) mass is 488 g/mol. The summed E-state index contributed by atoms with van der Waals surface area (Å²) < 4.78 is 6.00. The SMILES string of the molecule is O=C1NC(=O)C(=Cc2cc(OCc3ccccc3)nc(N3CCCN(c4ccncc4)CC3)n2)S1. The molecule has 2 aliphatic heterocycles. The molecule has 2 saturated heterocycles. The molecule has 178 valence electrons. The molecule has 2 aromatic heterocycles. The molecule has 2 amide bonds. The van der Waals surface area contributed by atoms with Crippen molar-refractivity contribution in [3.05, 3.63) is 77.1 Å². The van der Waals surface area contributed by atoms with Crippen LogP contribution in [0.3, 0.4) is 0 Å². The Kier molecular flexibility index (Phi) is 6.89. The highest BCUT2D eigenvalue weighted by atomic mass is 32.2. The molecule has 4 heterocycles. The predicted octanol–water partition coefficient (Wildman–Crippen LogP) is 3.49. The Morgan fingerprint density at radius 3 is 2.51 bits per heavy atom. The Labute approximate surface area is 207 Å². The number of amides is 2. The number of aromatic nitrogens is 3. The van der Waals surface area contributed by atoms with Crippen molar-refractivity contribution in [1.29, 1.82) is 0 Å². The standard InChI is InChI=1S/C25H24N6O3S/c32-23-21(35-25(33)29-23)15-19-16-22(34-17-18-5-2-1-3-6-18)28-24(27-19)31-12-4-11-30(13-14-31)20-7-9-26-10-8-20/h1-3,5-10,15-16H,4,11-14,17H2,(H,29,32,33). The average Bonchev–Trinajstić information content (AvgIpc) is 3.06. The molecule has 0 aliphatic carbocycles. The fourth-order valence-corrected chi connectivity index (χ4v) is 4.60. The molecular formula is C25H24N6O3S. The number of carbonyl (C=O) groups is 2. The minimum Gasteiger partial charge on any atom is -0.473 e. The van der Waals surface area contributed by atoms with Crippen LogP contribution in [0.2, 0.25) is 0 Å². The molecule has 5 rings (SSSR count). The van der Waals surface area contributed by atoms with Gasteiger partial charge in [0.2, 0.25) is 11.8 Å². The highest BCUT2D eigenvalue weighted by Gasteiger charge is 2.26. The van der Waals surface area contributed by atoms with Crippen molar-refractivity contribution >= 4 is 40.6 Å². The third-order valence-corrected chi connectivity index (χ3v) is 6.48. The number of ether oxygens (including phenoxy) is 1. The summed E-state index contributed by atoms with van der Waals surface area (Å²) in [5, 5.41) is 1.89. The Bertz CT molecular complexity index is 1240. The smallest absolute Gasteiger partial charge is 0.290 e. The molecule has 9 nitrogen and oxygen atoms in total. The van der Waals surface area contributed by atoms with Gasteiger partial charge in [-0.15, -0.1) is 0 Å². The fraction of sp³-hybridized carbons (Fsp3) is 0.240. The minimum absolute atomic E-state index is 0.299. The van der Waals surface area contributed by atoms with Gasteiger partial charge in [-0.2, -0.15) is 4.98 Å². The van der Waals surface area contributed by atoms with Crippen LogP contribution in [0.4, 0.5) is 16.4 Å². The van der Waals surface area contributed by atoms with E-state index in [0.29, 0.717) is 29.0 Å². The predicted molar refractivity (Wildman–Crippen MR) is 135 cm³/mol. The van der Waals surface area contributed by atoms with Crippen molar-refractivity contribution in [2.24, 2.45) is 0 Å². The number of nitrogens with one attached hydrogen (secondary N) is 1. The number of rotatable bonds is 6. The molecule has 0 atom stereocenters. The van der Waals surface area contributed by atoms with Crippen molar-refractivity contribution in [1.82, 2.24) is 20.3 Å². The van der Waals surface area contributed by atoms with Crippen LogP contribution in [0, 0.1) is 0 Å². The number of hydrogen-bond donors (Lipinski definition) is 1. The van der Waals surface area contributed by atoms with Gasteiger partial charge in [0.25, 0.3) is 11.1 Å². The number of carbonyl (C=O) groups excluding carboxylic acids is 2. The van der Waals surface area contributed by atoms with E-state index in [1.165, 1.54) is 0 Å². The molecule has 3 aromatic rings. The molecule has 2 fully saturated rings. The minimum atomic E-state index is -0.422. The van der Waals surface area contributed by atoms with Gasteiger partial charge in [-0.25, -0.2) is 4.98 Å². The summed E-state index contributed by atoms with van der Waals surface area (Å²) in [6, 6.07) is 15.6. The number of imide groups is 1. The van der Waals surface area contributed by atoms with Gasteiger partial charge in [-0.3, -0.25) is 19.9 Å². The molecule has 0 bridgehead atoms. The Hall–Kier alpha value is -3.92. The van der Waals surface area contributed by atoms with E-state index in [4.69, 9.17) is 9.72 Å². The summed E-state index contributed by atoms with van der Waals surface area (Å²) >= 11 is 0.862. The fourth-order valence-electron chi connectivity index (χ4n) is 3.94. The zero-order chi connectivity index (χ0) is 24.0. The summed E-state index contributed by atoms with van der Waals surface area (Å²) in [5.74, 6) is 0.527. The van der Waals surface area contributed by atoms with Crippen molar-refractivity contribution in [2.45, 2.75) is 13.0 Å². The van der Waals surface area contributed by atoms with Crippen LogP contribution >= 0.6 is 11.8 Å². The van der Waals surface area contributed by atoms with Crippen LogP contribution in [0.5, 0.6) is 5.88 Å². The number of thioether (sulfide) groups is 1. The Morgan fingerprint density at radius 2 is 1.74 bits per heavy atom. The lowest BCUT2D eigenvalue weighted by Gasteiger charge is -2.24. The van der Waals surface area contributed by atoms with Gasteiger partial charge < -0.3 is 14.5 Å². The van der Waals surface area contributed by atoms with E-state index in [0.717, 1.165) is 55.6 Å². The van der Waals surface area contributed by atoms with E-state index >= 15 is 0 Å². The molecule has 0 unspecified atom stereocenters. The molecule has 0 saturated carbocycles. The second-order valence-corrected chi connectivity index (χ2v) is 9.11. The van der Waals surface area contributed by atoms with Crippen LogP contribution in [0.25, 0.3) is 6.08 Å². The van der Waals surface area contributed by atoms with Gasteiger partial charge in [-0.05, 0) is 42.0 Å². The molecule has 1 aromatic carbocycles. The molecule has 10 heteroatoms. The molecular weight excluding hydrogens is 464 g/mol. The molecule has 1 N–H and O–H groups in total. The molecule has 2 aliphatic rings. The number of anilines is 2. The quantitative estimate of drug-likeness (QED) is 0.523. The van der Waals surface area contributed by atoms with E-state index in [1.54, 1.807) is 24.5 Å². The van der Waals surface area contributed by atoms with Crippen LogP contribution in [-0.2, 0) is 11.4 Å². The first-order valence-electron chi connectivity index (χ1n) is 11.3. The van der Waals surface area contributed by atoms with Crippen LogP contribution in [-0.4, -0.2) is 52.3 Å². The first-order valence-corrected chi connectivity index (χ1v) is 12.2.